The third-order valence-corrected chi connectivity index (χ3v) is 5.96. The van der Waals surface area contributed by atoms with E-state index in [2.05, 4.69) is 20.4 Å². The lowest BCUT2D eigenvalue weighted by Crippen LogP contribution is -2.39. The topological polar surface area (TPSA) is 89.0 Å². The minimum absolute atomic E-state index is 0. The van der Waals surface area contributed by atoms with Gasteiger partial charge in [0.1, 0.15) is 0 Å². The van der Waals surface area contributed by atoms with E-state index in [1.165, 1.54) is 0 Å². The molecule has 1 saturated heterocycles. The number of hydrogen-bond donors (Lipinski definition) is 2. The van der Waals surface area contributed by atoms with Gasteiger partial charge in [0.05, 0.1) is 18.1 Å². The van der Waals surface area contributed by atoms with Crippen LogP contribution in [-0.4, -0.2) is 52.7 Å². The molecule has 0 bridgehead atoms. The molecule has 1 unspecified atom stereocenters. The summed E-state index contributed by atoms with van der Waals surface area (Å²) in [5, 5.41) is 6.10. The van der Waals surface area contributed by atoms with E-state index in [0.29, 0.717) is 31.1 Å². The average molecular weight is 533 g/mol. The predicted octanol–water partition coefficient (Wildman–Crippen LogP) is 2.40. The second-order valence-electron chi connectivity index (χ2n) is 6.13. The highest BCUT2D eigenvalue weighted by Gasteiger charge is 2.27. The normalized spacial score (nSPS) is 18.5. The van der Waals surface area contributed by atoms with Crippen molar-refractivity contribution in [2.45, 2.75) is 26.5 Å². The predicted molar refractivity (Wildman–Crippen MR) is 115 cm³/mol. The fraction of sp³-hybridized carbons (Fsp3) is 0.588. The van der Waals surface area contributed by atoms with Crippen molar-refractivity contribution in [2.75, 3.05) is 31.7 Å². The van der Waals surface area contributed by atoms with Gasteiger partial charge in [-0.05, 0) is 25.3 Å². The number of rotatable bonds is 8. The summed E-state index contributed by atoms with van der Waals surface area (Å²) in [6.45, 7) is -0.230. The molecule has 160 valence electrons. The van der Waals surface area contributed by atoms with Crippen molar-refractivity contribution >= 4 is 39.8 Å². The van der Waals surface area contributed by atoms with E-state index in [-0.39, 0.29) is 59.4 Å². The summed E-state index contributed by atoms with van der Waals surface area (Å²) in [7, 11) is -1.36. The summed E-state index contributed by atoms with van der Waals surface area (Å²) in [4.78, 5) is 4.07. The van der Waals surface area contributed by atoms with Gasteiger partial charge in [-0.1, -0.05) is 12.1 Å². The second-order valence-corrected chi connectivity index (χ2v) is 8.36. The largest absolute Gasteiger partial charge is 0.490 e. The molecule has 2 rings (SSSR count). The Morgan fingerprint density at radius 3 is 2.68 bits per heavy atom. The SMILES string of the molecule is CCOc1cccc(CNC(=NC)NCC2CCS(=O)(=O)C2)c1OC(F)F.I. The molecule has 1 atom stereocenters. The number of ether oxygens (including phenoxy) is 2. The van der Waals surface area contributed by atoms with Gasteiger partial charge in [0, 0.05) is 25.7 Å². The van der Waals surface area contributed by atoms with Gasteiger partial charge in [0.25, 0.3) is 0 Å². The molecule has 1 aromatic carbocycles. The molecule has 0 radical (unpaired) electrons. The average Bonchev–Trinajstić information content (AvgIpc) is 2.96. The first-order chi connectivity index (χ1) is 12.8. The Morgan fingerprint density at radius 1 is 1.36 bits per heavy atom. The molecule has 1 heterocycles. The lowest BCUT2D eigenvalue weighted by Gasteiger charge is -2.18. The van der Waals surface area contributed by atoms with Gasteiger partial charge in [0.15, 0.2) is 27.3 Å². The van der Waals surface area contributed by atoms with E-state index in [9.17, 15) is 17.2 Å². The molecule has 0 spiro atoms. The van der Waals surface area contributed by atoms with Crippen molar-refractivity contribution in [3.63, 3.8) is 0 Å². The lowest BCUT2D eigenvalue weighted by atomic mass is 10.1. The van der Waals surface area contributed by atoms with Gasteiger partial charge in [-0.15, -0.1) is 24.0 Å². The number of sulfone groups is 1. The molecule has 1 aliphatic heterocycles. The van der Waals surface area contributed by atoms with Crippen molar-refractivity contribution in [1.29, 1.82) is 0 Å². The summed E-state index contributed by atoms with van der Waals surface area (Å²) >= 11 is 0. The molecule has 2 N–H and O–H groups in total. The van der Waals surface area contributed by atoms with Crippen LogP contribution in [0.2, 0.25) is 0 Å². The molecule has 7 nitrogen and oxygen atoms in total. The van der Waals surface area contributed by atoms with Gasteiger partial charge in [0.2, 0.25) is 0 Å². The van der Waals surface area contributed by atoms with Crippen LogP contribution in [0.5, 0.6) is 11.5 Å². The Balaban J connectivity index is 0.00000392. The summed E-state index contributed by atoms with van der Waals surface area (Å²) in [5.74, 6) is 1.09. The number of aliphatic imine (C=N–C) groups is 1. The van der Waals surface area contributed by atoms with E-state index >= 15 is 0 Å². The van der Waals surface area contributed by atoms with Crippen LogP contribution in [0, 0.1) is 5.92 Å². The Morgan fingerprint density at radius 2 is 2.11 bits per heavy atom. The molecule has 11 heteroatoms. The number of nitrogens with one attached hydrogen (secondary N) is 2. The first-order valence-corrected chi connectivity index (χ1v) is 10.5. The van der Waals surface area contributed by atoms with Crippen LogP contribution in [0.4, 0.5) is 8.78 Å². The van der Waals surface area contributed by atoms with Gasteiger partial charge < -0.3 is 20.1 Å². The Bertz CT molecular complexity index is 763. The Kier molecular flexibility index (Phi) is 10.2. The van der Waals surface area contributed by atoms with Gasteiger partial charge in [-0.2, -0.15) is 8.78 Å². The molecule has 0 aliphatic carbocycles. The number of alkyl halides is 2. The smallest absolute Gasteiger partial charge is 0.387 e. The van der Waals surface area contributed by atoms with E-state index in [0.717, 1.165) is 0 Å². The summed E-state index contributed by atoms with van der Waals surface area (Å²) < 4.78 is 58.5. The first-order valence-electron chi connectivity index (χ1n) is 8.69. The molecule has 1 aromatic rings. The highest BCUT2D eigenvalue weighted by atomic mass is 127. The van der Waals surface area contributed by atoms with E-state index < -0.39 is 16.4 Å². The fourth-order valence-electron chi connectivity index (χ4n) is 2.87. The van der Waals surface area contributed by atoms with Crippen LogP contribution in [-0.2, 0) is 16.4 Å². The summed E-state index contributed by atoms with van der Waals surface area (Å²) in [6, 6.07) is 4.92. The molecule has 0 aromatic heterocycles. The molecular formula is C17H26F2IN3O4S. The van der Waals surface area contributed by atoms with E-state index in [1.54, 1.807) is 32.2 Å². The number of halogens is 3. The zero-order valence-electron chi connectivity index (χ0n) is 15.8. The minimum atomic E-state index is -2.97. The molecule has 0 amide bonds. The van der Waals surface area contributed by atoms with Crippen LogP contribution >= 0.6 is 24.0 Å². The highest BCUT2D eigenvalue weighted by Crippen LogP contribution is 2.32. The number of hydrogen-bond acceptors (Lipinski definition) is 5. The van der Waals surface area contributed by atoms with Gasteiger partial charge in [-0.3, -0.25) is 4.99 Å². The maximum absolute atomic E-state index is 12.8. The summed E-state index contributed by atoms with van der Waals surface area (Å²) in [5.41, 5.74) is 0.493. The number of benzene rings is 1. The van der Waals surface area contributed by atoms with E-state index in [4.69, 9.17) is 4.74 Å². The van der Waals surface area contributed by atoms with Crippen LogP contribution in [0.3, 0.4) is 0 Å². The molecule has 1 fully saturated rings. The fourth-order valence-corrected chi connectivity index (χ4v) is 4.73. The van der Waals surface area contributed by atoms with Crippen molar-refractivity contribution < 1.29 is 26.7 Å². The lowest BCUT2D eigenvalue weighted by molar-refractivity contribution is -0.0520. The third kappa shape index (κ3) is 7.57. The standard InChI is InChI=1S/C17H25F2N3O4S.HI/c1-3-25-14-6-4-5-13(15(14)26-16(18)19)10-22-17(20-2)21-9-12-7-8-27(23,24)11-12;/h4-6,12,16H,3,7-11H2,1-2H3,(H2,20,21,22);1H. The quantitative estimate of drug-likeness (QED) is 0.303. The third-order valence-electron chi connectivity index (χ3n) is 4.12. The molecule has 1 aliphatic rings. The zero-order valence-corrected chi connectivity index (χ0v) is 18.9. The first kappa shape index (κ1) is 24.7. The summed E-state index contributed by atoms with van der Waals surface area (Å²) in [6.07, 6.45) is 0.620. The maximum atomic E-state index is 12.8. The maximum Gasteiger partial charge on any atom is 0.387 e. The van der Waals surface area contributed by atoms with Crippen LogP contribution < -0.4 is 20.1 Å². The van der Waals surface area contributed by atoms with Crippen LogP contribution in [0.25, 0.3) is 0 Å². The molecule has 28 heavy (non-hydrogen) atoms. The number of para-hydroxylation sites is 1. The minimum Gasteiger partial charge on any atom is -0.490 e. The number of guanidine groups is 1. The van der Waals surface area contributed by atoms with E-state index in [1.807, 2.05) is 0 Å². The molecular weight excluding hydrogens is 507 g/mol. The van der Waals surface area contributed by atoms with Gasteiger partial charge in [-0.25, -0.2) is 8.42 Å². The zero-order chi connectivity index (χ0) is 19.9. The van der Waals surface area contributed by atoms with Crippen LogP contribution in [0.15, 0.2) is 23.2 Å². The molecule has 0 saturated carbocycles. The van der Waals surface area contributed by atoms with Crippen molar-refractivity contribution in [3.8, 4) is 11.5 Å². The second kappa shape index (κ2) is 11.6. The Hall–Kier alpha value is -1.37. The van der Waals surface area contributed by atoms with Gasteiger partial charge >= 0.3 is 6.61 Å². The Labute approximate surface area is 181 Å². The number of nitrogens with zero attached hydrogens (tertiary/aromatic N) is 1. The van der Waals surface area contributed by atoms with Crippen molar-refractivity contribution in [1.82, 2.24) is 10.6 Å². The van der Waals surface area contributed by atoms with Crippen molar-refractivity contribution in [2.24, 2.45) is 10.9 Å². The highest BCUT2D eigenvalue weighted by molar-refractivity contribution is 14.0. The van der Waals surface area contributed by atoms with Crippen LogP contribution in [0.1, 0.15) is 18.9 Å². The monoisotopic (exact) mass is 533 g/mol. The van der Waals surface area contributed by atoms with Crippen molar-refractivity contribution in [3.05, 3.63) is 23.8 Å².